The van der Waals surface area contributed by atoms with Gasteiger partial charge in [0.05, 0.1) is 6.10 Å². The number of rotatable bonds is 7. The number of aliphatic hydroxyl groups is 1. The van der Waals surface area contributed by atoms with Gasteiger partial charge in [-0.1, -0.05) is 30.3 Å². The minimum Gasteiger partial charge on any atom is -0.393 e. The Hall–Kier alpha value is -1.43. The first-order valence-electron chi connectivity index (χ1n) is 9.52. The zero-order valence-corrected chi connectivity index (χ0v) is 15.2. The second-order valence-electron chi connectivity index (χ2n) is 7.64. The van der Waals surface area contributed by atoms with Crippen LogP contribution in [0.1, 0.15) is 24.8 Å². The van der Waals surface area contributed by atoms with Crippen LogP contribution in [0.15, 0.2) is 30.3 Å². The van der Waals surface area contributed by atoms with E-state index in [9.17, 15) is 9.90 Å². The molecule has 1 aromatic carbocycles. The van der Waals surface area contributed by atoms with Crippen LogP contribution in [0.3, 0.4) is 0 Å². The third-order valence-corrected chi connectivity index (χ3v) is 5.61. The molecule has 2 N–H and O–H groups in total. The normalized spacial score (nSPS) is 26.0. The van der Waals surface area contributed by atoms with Crippen LogP contribution in [0, 0.1) is 5.92 Å². The minimum absolute atomic E-state index is 0.130. The number of hydrogen-bond donors (Lipinski definition) is 2. The lowest BCUT2D eigenvalue weighted by atomic mass is 9.75. The predicted octanol–water partition coefficient (Wildman–Crippen LogP) is 1.12. The van der Waals surface area contributed by atoms with Crippen molar-refractivity contribution in [1.29, 1.82) is 0 Å². The van der Waals surface area contributed by atoms with Crippen molar-refractivity contribution < 1.29 is 9.90 Å². The van der Waals surface area contributed by atoms with Crippen LogP contribution in [0.2, 0.25) is 0 Å². The van der Waals surface area contributed by atoms with Gasteiger partial charge in [0.15, 0.2) is 0 Å². The van der Waals surface area contributed by atoms with Crippen molar-refractivity contribution in [3.05, 3.63) is 35.9 Å². The Balaban J connectivity index is 1.48. The van der Waals surface area contributed by atoms with Gasteiger partial charge in [0, 0.05) is 45.2 Å². The fraction of sp³-hybridized carbons (Fsp3) is 0.650. The number of nitrogens with one attached hydrogen (secondary N) is 1. The number of carbonyl (C=O) groups excluding carboxylic acids is 1. The Labute approximate surface area is 151 Å². The van der Waals surface area contributed by atoms with Gasteiger partial charge in [0.2, 0.25) is 5.91 Å². The first-order chi connectivity index (χ1) is 12.1. The fourth-order valence-corrected chi connectivity index (χ4v) is 3.77. The molecule has 0 spiro atoms. The molecular weight excluding hydrogens is 314 g/mol. The smallest absolute Gasteiger partial charge is 0.221 e. The van der Waals surface area contributed by atoms with Crippen LogP contribution in [0.25, 0.3) is 0 Å². The Morgan fingerprint density at radius 3 is 2.52 bits per heavy atom. The van der Waals surface area contributed by atoms with Crippen LogP contribution in [0.5, 0.6) is 0 Å². The SMILES string of the molecule is CN1CCN(CCC(=O)N[C@H](Cc2ccccc2)C2CC(O)C2)CC1. The molecule has 1 amide bonds. The van der Waals surface area contributed by atoms with E-state index in [1.165, 1.54) is 5.56 Å². The molecule has 5 heteroatoms. The highest BCUT2D eigenvalue weighted by molar-refractivity contribution is 5.76. The van der Waals surface area contributed by atoms with E-state index in [2.05, 4.69) is 34.3 Å². The van der Waals surface area contributed by atoms with E-state index in [-0.39, 0.29) is 18.1 Å². The van der Waals surface area contributed by atoms with Gasteiger partial charge in [-0.15, -0.1) is 0 Å². The molecule has 1 atom stereocenters. The van der Waals surface area contributed by atoms with Crippen molar-refractivity contribution in [2.24, 2.45) is 5.92 Å². The molecule has 0 bridgehead atoms. The summed E-state index contributed by atoms with van der Waals surface area (Å²) in [5, 5.41) is 12.9. The molecule has 2 fully saturated rings. The van der Waals surface area contributed by atoms with Crippen LogP contribution < -0.4 is 5.32 Å². The van der Waals surface area contributed by atoms with Crippen LogP contribution in [-0.4, -0.2) is 72.7 Å². The molecule has 0 radical (unpaired) electrons. The lowest BCUT2D eigenvalue weighted by Crippen LogP contribution is -2.49. The van der Waals surface area contributed by atoms with E-state index >= 15 is 0 Å². The van der Waals surface area contributed by atoms with Crippen molar-refractivity contribution in [2.45, 2.75) is 37.8 Å². The highest BCUT2D eigenvalue weighted by Crippen LogP contribution is 2.31. The lowest BCUT2D eigenvalue weighted by Gasteiger charge is -2.38. The van der Waals surface area contributed by atoms with Crippen molar-refractivity contribution in [2.75, 3.05) is 39.8 Å². The Bertz CT molecular complexity index is 537. The van der Waals surface area contributed by atoms with E-state index in [1.54, 1.807) is 0 Å². The molecule has 3 rings (SSSR count). The van der Waals surface area contributed by atoms with Gasteiger partial charge in [-0.2, -0.15) is 0 Å². The highest BCUT2D eigenvalue weighted by Gasteiger charge is 2.34. The second kappa shape index (κ2) is 8.79. The van der Waals surface area contributed by atoms with Gasteiger partial charge in [-0.05, 0) is 37.8 Å². The number of nitrogens with zero attached hydrogens (tertiary/aromatic N) is 2. The van der Waals surface area contributed by atoms with Gasteiger partial charge < -0.3 is 20.2 Å². The van der Waals surface area contributed by atoms with E-state index in [0.717, 1.165) is 52.0 Å². The molecule has 0 aromatic heterocycles. The quantitative estimate of drug-likeness (QED) is 0.778. The van der Waals surface area contributed by atoms with Crippen LogP contribution >= 0.6 is 0 Å². The van der Waals surface area contributed by atoms with Crippen molar-refractivity contribution in [3.8, 4) is 0 Å². The molecule has 5 nitrogen and oxygen atoms in total. The molecule has 1 heterocycles. The van der Waals surface area contributed by atoms with E-state index in [4.69, 9.17) is 0 Å². The summed E-state index contributed by atoms with van der Waals surface area (Å²) < 4.78 is 0. The average Bonchev–Trinajstić information content (AvgIpc) is 2.59. The molecule has 1 saturated carbocycles. The Morgan fingerprint density at radius 2 is 1.88 bits per heavy atom. The van der Waals surface area contributed by atoms with Crippen molar-refractivity contribution in [1.82, 2.24) is 15.1 Å². The summed E-state index contributed by atoms with van der Waals surface area (Å²) in [6.07, 6.45) is 2.82. The molecule has 0 unspecified atom stereocenters. The molecule has 1 aliphatic heterocycles. The maximum Gasteiger partial charge on any atom is 0.221 e. The fourth-order valence-electron chi connectivity index (χ4n) is 3.77. The third kappa shape index (κ3) is 5.53. The topological polar surface area (TPSA) is 55.8 Å². The molecule has 1 aliphatic carbocycles. The number of carbonyl (C=O) groups is 1. The minimum atomic E-state index is -0.189. The number of aliphatic hydroxyl groups excluding tert-OH is 1. The summed E-state index contributed by atoms with van der Waals surface area (Å²) in [5.74, 6) is 0.532. The zero-order chi connectivity index (χ0) is 17.6. The summed E-state index contributed by atoms with van der Waals surface area (Å²) in [6, 6.07) is 10.4. The first-order valence-corrected chi connectivity index (χ1v) is 9.52. The monoisotopic (exact) mass is 345 g/mol. The van der Waals surface area contributed by atoms with Crippen molar-refractivity contribution in [3.63, 3.8) is 0 Å². The number of likely N-dealkylation sites (N-methyl/N-ethyl adjacent to an activating group) is 1. The standard InChI is InChI=1S/C20H31N3O2/c1-22-9-11-23(12-10-22)8-7-20(25)21-19(17-14-18(24)15-17)13-16-5-3-2-4-6-16/h2-6,17-19,24H,7-15H2,1H3,(H,21,25)/t17?,18?,19-/m1/s1. The maximum absolute atomic E-state index is 12.5. The summed E-state index contributed by atoms with van der Waals surface area (Å²) in [6.45, 7) is 5.10. The molecular formula is C20H31N3O2. The molecule has 25 heavy (non-hydrogen) atoms. The van der Waals surface area contributed by atoms with Gasteiger partial charge in [0.1, 0.15) is 0 Å². The number of benzene rings is 1. The number of piperazine rings is 1. The Kier molecular flexibility index (Phi) is 6.45. The van der Waals surface area contributed by atoms with Gasteiger partial charge in [-0.3, -0.25) is 4.79 Å². The number of hydrogen-bond acceptors (Lipinski definition) is 4. The number of amides is 1. The molecule has 2 aliphatic rings. The van der Waals surface area contributed by atoms with Gasteiger partial charge in [-0.25, -0.2) is 0 Å². The lowest BCUT2D eigenvalue weighted by molar-refractivity contribution is -0.123. The summed E-state index contributed by atoms with van der Waals surface area (Å²) >= 11 is 0. The summed E-state index contributed by atoms with van der Waals surface area (Å²) in [4.78, 5) is 17.2. The van der Waals surface area contributed by atoms with Crippen molar-refractivity contribution >= 4 is 5.91 Å². The Morgan fingerprint density at radius 1 is 1.20 bits per heavy atom. The maximum atomic E-state index is 12.5. The molecule has 1 aromatic rings. The van der Waals surface area contributed by atoms with E-state index in [0.29, 0.717) is 12.3 Å². The first kappa shape index (κ1) is 18.4. The van der Waals surface area contributed by atoms with Gasteiger partial charge >= 0.3 is 0 Å². The third-order valence-electron chi connectivity index (χ3n) is 5.61. The average molecular weight is 345 g/mol. The predicted molar refractivity (Wildman–Crippen MR) is 99.4 cm³/mol. The van der Waals surface area contributed by atoms with Crippen LogP contribution in [0.4, 0.5) is 0 Å². The zero-order valence-electron chi connectivity index (χ0n) is 15.2. The van der Waals surface area contributed by atoms with Gasteiger partial charge in [0.25, 0.3) is 0 Å². The summed E-state index contributed by atoms with van der Waals surface area (Å²) in [7, 11) is 2.14. The second-order valence-corrected chi connectivity index (χ2v) is 7.64. The highest BCUT2D eigenvalue weighted by atomic mass is 16.3. The molecule has 1 saturated heterocycles. The largest absolute Gasteiger partial charge is 0.393 e. The van der Waals surface area contributed by atoms with E-state index in [1.807, 2.05) is 18.2 Å². The molecule has 138 valence electrons. The van der Waals surface area contributed by atoms with E-state index < -0.39 is 0 Å². The summed E-state index contributed by atoms with van der Waals surface area (Å²) in [5.41, 5.74) is 1.24. The van der Waals surface area contributed by atoms with Crippen LogP contribution in [-0.2, 0) is 11.2 Å².